The average molecular weight is 814 g/mol. The summed E-state index contributed by atoms with van der Waals surface area (Å²) in [5.74, 6) is -1.10. The second-order valence-electron chi connectivity index (χ2n) is 15.9. The highest BCUT2D eigenvalue weighted by Crippen LogP contribution is 2.23. The maximum absolute atomic E-state index is 14.2. The van der Waals surface area contributed by atoms with E-state index in [1.807, 2.05) is 120 Å². The number of carbonyl (C=O) groups is 4. The average Bonchev–Trinajstić information content (AvgIpc) is 3.62. The largest absolute Gasteiger partial charge is 0.453 e. The van der Waals surface area contributed by atoms with E-state index < -0.39 is 59.6 Å². The number of hydrogen-bond acceptors (Lipinski definition) is 9. The van der Waals surface area contributed by atoms with Crippen molar-refractivity contribution >= 4 is 35.3 Å². The lowest BCUT2D eigenvalue weighted by Crippen LogP contribution is -2.58. The van der Waals surface area contributed by atoms with Crippen molar-refractivity contribution in [2.75, 3.05) is 14.2 Å². The third-order valence-electron chi connectivity index (χ3n) is 10.1. The number of methoxy groups -OCH3 is 1. The summed E-state index contributed by atoms with van der Waals surface area (Å²) >= 11 is 1.50. The topological polar surface area (TPSA) is 175 Å². The van der Waals surface area contributed by atoms with Crippen LogP contribution in [0.2, 0.25) is 0 Å². The molecule has 0 saturated carbocycles. The number of hydrogen-bond donors (Lipinski definition) is 5. The number of alkyl carbamates (subject to hydrolysis) is 1. The van der Waals surface area contributed by atoms with Crippen molar-refractivity contribution in [1.29, 1.82) is 0 Å². The minimum atomic E-state index is -1.15. The fourth-order valence-electron chi connectivity index (χ4n) is 6.58. The SMILES string of the molecule is CCC(C)C(NC(=O)N(C)Cc1csc(C)n1)C(=O)NC(Cc1ccccc1)C(O)CC(Cc1ccc(-c2ccccn2)cc1)NC(=O)C(NC(=O)OC)C(C)(C)C. The van der Waals surface area contributed by atoms with Crippen LogP contribution in [-0.4, -0.2) is 88.3 Å². The zero-order chi connectivity index (χ0) is 42.4. The number of nitrogens with zero attached hydrogens (tertiary/aromatic N) is 3. The summed E-state index contributed by atoms with van der Waals surface area (Å²) in [6.45, 7) is 11.5. The molecule has 5 amide bonds. The summed E-state index contributed by atoms with van der Waals surface area (Å²) < 4.78 is 4.83. The molecule has 0 fully saturated rings. The van der Waals surface area contributed by atoms with E-state index in [0.717, 1.165) is 33.1 Å². The number of nitrogens with one attached hydrogen (secondary N) is 4. The number of aryl methyl sites for hydroxylation is 1. The molecule has 13 nitrogen and oxygen atoms in total. The second-order valence-corrected chi connectivity index (χ2v) is 17.0. The number of amides is 5. The lowest BCUT2D eigenvalue weighted by Gasteiger charge is -2.34. The van der Waals surface area contributed by atoms with Gasteiger partial charge < -0.3 is 36.0 Å². The van der Waals surface area contributed by atoms with E-state index in [-0.39, 0.29) is 25.3 Å². The van der Waals surface area contributed by atoms with E-state index in [2.05, 4.69) is 31.2 Å². The van der Waals surface area contributed by atoms with Crippen LogP contribution in [0.3, 0.4) is 0 Å². The van der Waals surface area contributed by atoms with E-state index in [0.29, 0.717) is 12.8 Å². The normalized spacial score (nSPS) is 14.5. The Balaban J connectivity index is 1.61. The molecular weight excluding hydrogens is 755 g/mol. The fraction of sp³-hybridized carbons (Fsp3) is 0.455. The van der Waals surface area contributed by atoms with Crippen molar-refractivity contribution in [2.45, 2.75) is 104 Å². The molecule has 58 heavy (non-hydrogen) atoms. The monoisotopic (exact) mass is 813 g/mol. The molecule has 2 aromatic heterocycles. The van der Waals surface area contributed by atoms with Gasteiger partial charge in [-0.1, -0.05) is 102 Å². The number of urea groups is 1. The smallest absolute Gasteiger partial charge is 0.407 e. The van der Waals surface area contributed by atoms with Crippen molar-refractivity contribution in [2.24, 2.45) is 11.3 Å². The van der Waals surface area contributed by atoms with Crippen LogP contribution >= 0.6 is 11.3 Å². The Kier molecular flexibility index (Phi) is 16.8. The van der Waals surface area contributed by atoms with Crippen LogP contribution < -0.4 is 21.3 Å². The van der Waals surface area contributed by atoms with Gasteiger partial charge >= 0.3 is 12.1 Å². The lowest BCUT2D eigenvalue weighted by molar-refractivity contribution is -0.127. The van der Waals surface area contributed by atoms with Gasteiger partial charge in [0, 0.05) is 30.2 Å². The maximum Gasteiger partial charge on any atom is 0.407 e. The molecular formula is C44H59N7O6S. The van der Waals surface area contributed by atoms with Crippen LogP contribution in [0.5, 0.6) is 0 Å². The van der Waals surface area contributed by atoms with Gasteiger partial charge in [0.05, 0.1) is 42.2 Å². The third-order valence-corrected chi connectivity index (χ3v) is 10.9. The predicted molar refractivity (Wildman–Crippen MR) is 227 cm³/mol. The van der Waals surface area contributed by atoms with Gasteiger partial charge in [0.15, 0.2) is 0 Å². The molecule has 2 heterocycles. The van der Waals surface area contributed by atoms with Gasteiger partial charge in [-0.05, 0) is 60.8 Å². The highest BCUT2D eigenvalue weighted by molar-refractivity contribution is 7.09. The molecule has 6 unspecified atom stereocenters. The predicted octanol–water partition coefficient (Wildman–Crippen LogP) is 6.05. The van der Waals surface area contributed by atoms with Gasteiger partial charge in [-0.2, -0.15) is 0 Å². The van der Waals surface area contributed by atoms with Crippen LogP contribution in [0, 0.1) is 18.3 Å². The van der Waals surface area contributed by atoms with Crippen molar-refractivity contribution < 1.29 is 29.0 Å². The van der Waals surface area contributed by atoms with E-state index in [9.17, 15) is 24.3 Å². The van der Waals surface area contributed by atoms with Crippen LogP contribution in [0.25, 0.3) is 11.3 Å². The summed E-state index contributed by atoms with van der Waals surface area (Å²) in [6.07, 6.45) is 1.13. The molecule has 0 aliphatic heterocycles. The number of aromatic nitrogens is 2. The number of thiazole rings is 1. The first-order chi connectivity index (χ1) is 27.6. The maximum atomic E-state index is 14.2. The molecule has 0 bridgehead atoms. The molecule has 312 valence electrons. The first kappa shape index (κ1) is 45.4. The first-order valence-corrected chi connectivity index (χ1v) is 20.6. The van der Waals surface area contributed by atoms with E-state index in [4.69, 9.17) is 4.74 Å². The molecule has 0 aliphatic rings. The summed E-state index contributed by atoms with van der Waals surface area (Å²) in [4.78, 5) is 64.3. The standard InChI is InChI=1S/C44H59N7O6S/c1-9-28(2)38(49-42(55)51(7)26-34-27-58-29(3)46-34)40(53)48-36(24-30-15-11-10-12-16-30)37(52)25-33(47-41(54)39(44(4,5)6)50-43(56)57-8)23-31-18-20-32(21-19-31)35-17-13-14-22-45-35/h10-22,27-28,33,36-39,52H,9,23-26H2,1-8H3,(H,47,54)(H,48,53)(H,49,55)(H,50,56). The van der Waals surface area contributed by atoms with Gasteiger partial charge in [0.1, 0.15) is 12.1 Å². The van der Waals surface area contributed by atoms with Gasteiger partial charge in [-0.25, -0.2) is 14.6 Å². The summed E-state index contributed by atoms with van der Waals surface area (Å²) in [5.41, 5.74) is 3.61. The number of benzene rings is 2. The van der Waals surface area contributed by atoms with Gasteiger partial charge in [0.2, 0.25) is 11.8 Å². The summed E-state index contributed by atoms with van der Waals surface area (Å²) in [5, 5.41) is 26.7. The second kappa shape index (κ2) is 21.4. The van der Waals surface area contributed by atoms with Crippen LogP contribution in [0.4, 0.5) is 9.59 Å². The van der Waals surface area contributed by atoms with Crippen LogP contribution in [0.15, 0.2) is 84.4 Å². The quantitative estimate of drug-likeness (QED) is 0.0808. The number of aliphatic hydroxyl groups is 1. The summed E-state index contributed by atoms with van der Waals surface area (Å²) in [6, 6.07) is 19.4. The zero-order valence-electron chi connectivity index (χ0n) is 34.8. The number of rotatable bonds is 18. The number of carbonyl (C=O) groups excluding carboxylic acids is 4. The Bertz CT molecular complexity index is 1920. The van der Waals surface area contributed by atoms with E-state index in [1.165, 1.54) is 23.3 Å². The fourth-order valence-corrected chi connectivity index (χ4v) is 7.18. The van der Waals surface area contributed by atoms with Crippen molar-refractivity contribution in [3.63, 3.8) is 0 Å². The summed E-state index contributed by atoms with van der Waals surface area (Å²) in [7, 11) is 2.89. The number of ether oxygens (including phenoxy) is 1. The Morgan fingerprint density at radius 2 is 1.55 bits per heavy atom. The van der Waals surface area contributed by atoms with Crippen LogP contribution in [-0.2, 0) is 33.7 Å². The molecule has 14 heteroatoms. The Labute approximate surface area is 346 Å². The van der Waals surface area contributed by atoms with Gasteiger partial charge in [-0.15, -0.1) is 11.3 Å². The number of aliphatic hydroxyl groups excluding tert-OH is 1. The molecule has 5 N–H and O–H groups in total. The molecule has 4 rings (SSSR count). The molecule has 0 aliphatic carbocycles. The Hall–Kier alpha value is -5.34. The highest BCUT2D eigenvalue weighted by Gasteiger charge is 2.36. The number of pyridine rings is 1. The minimum Gasteiger partial charge on any atom is -0.453 e. The zero-order valence-corrected chi connectivity index (χ0v) is 35.6. The van der Waals surface area contributed by atoms with Crippen LogP contribution in [0.1, 0.15) is 69.3 Å². The van der Waals surface area contributed by atoms with E-state index >= 15 is 0 Å². The van der Waals surface area contributed by atoms with Crippen molar-refractivity contribution in [1.82, 2.24) is 36.1 Å². The van der Waals surface area contributed by atoms with Gasteiger partial charge in [0.25, 0.3) is 0 Å². The van der Waals surface area contributed by atoms with Crippen molar-refractivity contribution in [3.05, 3.63) is 106 Å². The van der Waals surface area contributed by atoms with E-state index in [1.54, 1.807) is 13.2 Å². The Morgan fingerprint density at radius 1 is 0.879 bits per heavy atom. The molecule has 6 atom stereocenters. The third kappa shape index (κ3) is 13.7. The highest BCUT2D eigenvalue weighted by atomic mass is 32.1. The molecule has 4 aromatic rings. The molecule has 0 spiro atoms. The molecule has 2 aromatic carbocycles. The van der Waals surface area contributed by atoms with Gasteiger partial charge in [-0.3, -0.25) is 14.6 Å². The van der Waals surface area contributed by atoms with Crippen molar-refractivity contribution in [3.8, 4) is 11.3 Å². The molecule has 0 saturated heterocycles. The molecule has 0 radical (unpaired) electrons. The first-order valence-electron chi connectivity index (χ1n) is 19.7. The lowest BCUT2D eigenvalue weighted by atomic mass is 9.85. The Morgan fingerprint density at radius 3 is 2.14 bits per heavy atom. The minimum absolute atomic E-state index is 0.0523.